The Morgan fingerprint density at radius 1 is 1.07 bits per heavy atom. The van der Waals surface area contributed by atoms with E-state index in [1.54, 1.807) is 17.4 Å². The number of rotatable bonds is 6. The molecule has 2 heterocycles. The van der Waals surface area contributed by atoms with Crippen LogP contribution in [0.1, 0.15) is 33.2 Å². The van der Waals surface area contributed by atoms with Gasteiger partial charge in [-0.3, -0.25) is 4.90 Å². The minimum atomic E-state index is -3.57. The molecule has 2 aromatic carbocycles. The normalized spacial score (nSPS) is 15.8. The van der Waals surface area contributed by atoms with Crippen molar-refractivity contribution in [2.45, 2.75) is 37.8 Å². The largest absolute Gasteiger partial charge is 0.290 e. The van der Waals surface area contributed by atoms with Crippen molar-refractivity contribution in [3.8, 4) is 0 Å². The first-order chi connectivity index (χ1) is 13.9. The number of sulfonamides is 1. The van der Waals surface area contributed by atoms with Gasteiger partial charge in [-0.15, -0.1) is 11.3 Å². The number of thiophene rings is 1. The first kappa shape index (κ1) is 20.3. The van der Waals surface area contributed by atoms with Crippen molar-refractivity contribution in [2.24, 2.45) is 0 Å². The van der Waals surface area contributed by atoms with Crippen LogP contribution >= 0.6 is 11.3 Å². The highest BCUT2D eigenvalue weighted by Crippen LogP contribution is 2.30. The fraction of sp³-hybridized carbons (Fsp3) is 0.304. The van der Waals surface area contributed by atoms with Crippen LogP contribution in [0.25, 0.3) is 0 Å². The quantitative estimate of drug-likeness (QED) is 0.634. The van der Waals surface area contributed by atoms with Gasteiger partial charge < -0.3 is 0 Å². The molecular formula is C23H26N2O2S2. The topological polar surface area (TPSA) is 49.4 Å². The molecule has 0 spiro atoms. The molecular weight excluding hydrogens is 400 g/mol. The number of hydrogen-bond donors (Lipinski definition) is 1. The molecule has 0 saturated carbocycles. The van der Waals surface area contributed by atoms with Gasteiger partial charge in [0.2, 0.25) is 10.0 Å². The molecule has 1 aromatic heterocycles. The molecule has 3 aromatic rings. The molecule has 0 saturated heterocycles. The Kier molecular flexibility index (Phi) is 5.88. The fourth-order valence-corrected chi connectivity index (χ4v) is 6.16. The van der Waals surface area contributed by atoms with E-state index < -0.39 is 10.0 Å². The molecule has 4 rings (SSSR count). The van der Waals surface area contributed by atoms with E-state index in [4.69, 9.17) is 0 Å². The third-order valence-corrected chi connectivity index (χ3v) is 8.11. The standard InChI is InChI=1S/C23H26N2O2S2/c1-17-9-10-18(2)23(14-17)29(26,27)24-15-21(22-8-5-13-28-22)25-12-11-19-6-3-4-7-20(19)16-25/h3-10,13-14,21,24H,11-12,15-16H2,1-2H3/t21-/m0/s1. The van der Waals surface area contributed by atoms with Crippen molar-refractivity contribution in [1.82, 2.24) is 9.62 Å². The van der Waals surface area contributed by atoms with Crippen LogP contribution in [-0.2, 0) is 23.0 Å². The molecule has 4 nitrogen and oxygen atoms in total. The van der Waals surface area contributed by atoms with Gasteiger partial charge in [-0.2, -0.15) is 0 Å². The molecule has 1 atom stereocenters. The van der Waals surface area contributed by atoms with E-state index in [1.807, 2.05) is 32.0 Å². The molecule has 29 heavy (non-hydrogen) atoms. The summed E-state index contributed by atoms with van der Waals surface area (Å²) in [5, 5.41) is 2.05. The van der Waals surface area contributed by atoms with Crippen molar-refractivity contribution in [3.05, 3.63) is 87.1 Å². The van der Waals surface area contributed by atoms with Crippen LogP contribution in [0.3, 0.4) is 0 Å². The van der Waals surface area contributed by atoms with E-state index in [0.29, 0.717) is 11.4 Å². The van der Waals surface area contributed by atoms with E-state index in [1.165, 1.54) is 16.0 Å². The molecule has 1 N–H and O–H groups in total. The van der Waals surface area contributed by atoms with Crippen LogP contribution in [-0.4, -0.2) is 26.4 Å². The Balaban J connectivity index is 1.57. The smallest absolute Gasteiger partial charge is 0.240 e. The summed E-state index contributed by atoms with van der Waals surface area (Å²) in [6.45, 7) is 5.87. The third-order valence-electron chi connectivity index (χ3n) is 5.57. The van der Waals surface area contributed by atoms with Crippen molar-refractivity contribution in [3.63, 3.8) is 0 Å². The van der Waals surface area contributed by atoms with Crippen LogP contribution in [0.4, 0.5) is 0 Å². The Morgan fingerprint density at radius 2 is 1.86 bits per heavy atom. The molecule has 6 heteroatoms. The van der Waals surface area contributed by atoms with Gasteiger partial charge in [0.05, 0.1) is 10.9 Å². The van der Waals surface area contributed by atoms with Crippen LogP contribution in [0.2, 0.25) is 0 Å². The summed E-state index contributed by atoms with van der Waals surface area (Å²) in [4.78, 5) is 3.94. The second-order valence-corrected chi connectivity index (χ2v) is 10.4. The summed E-state index contributed by atoms with van der Waals surface area (Å²) in [5.41, 5.74) is 4.43. The maximum absolute atomic E-state index is 13.0. The minimum Gasteiger partial charge on any atom is -0.290 e. The Hall–Kier alpha value is -1.99. The molecule has 0 radical (unpaired) electrons. The number of fused-ring (bicyclic) bond motifs is 1. The second kappa shape index (κ2) is 8.40. The predicted octanol–water partition coefficient (Wildman–Crippen LogP) is 4.44. The van der Waals surface area contributed by atoms with Crippen molar-refractivity contribution < 1.29 is 8.42 Å². The molecule has 0 fully saturated rings. The van der Waals surface area contributed by atoms with Crippen LogP contribution in [0.15, 0.2) is 64.9 Å². The summed E-state index contributed by atoms with van der Waals surface area (Å²) in [6, 6.07) is 18.2. The average Bonchev–Trinajstić information content (AvgIpc) is 3.24. The number of hydrogen-bond acceptors (Lipinski definition) is 4. The van der Waals surface area contributed by atoms with E-state index in [0.717, 1.165) is 30.6 Å². The first-order valence-electron chi connectivity index (χ1n) is 9.85. The SMILES string of the molecule is Cc1ccc(C)c(S(=O)(=O)NC[C@@H](c2cccs2)N2CCc3ccccc3C2)c1. The Morgan fingerprint density at radius 3 is 2.62 bits per heavy atom. The van der Waals surface area contributed by atoms with Gasteiger partial charge in [0, 0.05) is 24.5 Å². The summed E-state index contributed by atoms with van der Waals surface area (Å²) >= 11 is 1.68. The van der Waals surface area contributed by atoms with Crippen molar-refractivity contribution in [1.29, 1.82) is 0 Å². The Bertz CT molecular complexity index is 1090. The molecule has 0 bridgehead atoms. The average molecular weight is 427 g/mol. The van der Waals surface area contributed by atoms with Gasteiger partial charge >= 0.3 is 0 Å². The maximum atomic E-state index is 13.0. The van der Waals surface area contributed by atoms with Gasteiger partial charge in [-0.25, -0.2) is 13.1 Å². The fourth-order valence-electron chi connectivity index (χ4n) is 3.94. The lowest BCUT2D eigenvalue weighted by Crippen LogP contribution is -2.40. The zero-order valence-electron chi connectivity index (χ0n) is 16.8. The summed E-state index contributed by atoms with van der Waals surface area (Å²) in [5.74, 6) is 0. The monoisotopic (exact) mass is 426 g/mol. The van der Waals surface area contributed by atoms with E-state index in [-0.39, 0.29) is 6.04 Å². The number of benzene rings is 2. The van der Waals surface area contributed by atoms with Gasteiger partial charge in [-0.1, -0.05) is 42.5 Å². The van der Waals surface area contributed by atoms with Gasteiger partial charge in [0.25, 0.3) is 0 Å². The first-order valence-corrected chi connectivity index (χ1v) is 12.2. The van der Waals surface area contributed by atoms with Crippen LogP contribution < -0.4 is 4.72 Å². The van der Waals surface area contributed by atoms with E-state index in [2.05, 4.69) is 45.3 Å². The highest BCUT2D eigenvalue weighted by atomic mass is 32.2. The highest BCUT2D eigenvalue weighted by molar-refractivity contribution is 7.89. The lowest BCUT2D eigenvalue weighted by molar-refractivity contribution is 0.183. The lowest BCUT2D eigenvalue weighted by atomic mass is 9.98. The van der Waals surface area contributed by atoms with Gasteiger partial charge in [0.1, 0.15) is 0 Å². The predicted molar refractivity (Wildman–Crippen MR) is 119 cm³/mol. The Labute approximate surface area is 177 Å². The molecule has 152 valence electrons. The van der Waals surface area contributed by atoms with Gasteiger partial charge in [-0.05, 0) is 60.0 Å². The zero-order chi connectivity index (χ0) is 20.4. The molecule has 0 aliphatic carbocycles. The summed E-state index contributed by atoms with van der Waals surface area (Å²) in [6.07, 6.45) is 0.988. The molecule has 1 aliphatic rings. The minimum absolute atomic E-state index is 0.0169. The summed E-state index contributed by atoms with van der Waals surface area (Å²) in [7, 11) is -3.57. The van der Waals surface area contributed by atoms with Crippen molar-refractivity contribution in [2.75, 3.05) is 13.1 Å². The number of nitrogens with one attached hydrogen (secondary N) is 1. The third kappa shape index (κ3) is 4.46. The molecule has 0 amide bonds. The molecule has 1 aliphatic heterocycles. The van der Waals surface area contributed by atoms with Crippen LogP contribution in [0.5, 0.6) is 0 Å². The maximum Gasteiger partial charge on any atom is 0.240 e. The molecule has 0 unspecified atom stereocenters. The zero-order valence-corrected chi connectivity index (χ0v) is 18.4. The number of nitrogens with zero attached hydrogens (tertiary/aromatic N) is 1. The van der Waals surface area contributed by atoms with Crippen LogP contribution in [0, 0.1) is 13.8 Å². The summed E-state index contributed by atoms with van der Waals surface area (Å²) < 4.78 is 29.0. The van der Waals surface area contributed by atoms with Gasteiger partial charge in [0.15, 0.2) is 0 Å². The van der Waals surface area contributed by atoms with E-state index in [9.17, 15) is 8.42 Å². The van der Waals surface area contributed by atoms with E-state index >= 15 is 0 Å². The number of aryl methyl sites for hydroxylation is 2. The van der Waals surface area contributed by atoms with Crippen molar-refractivity contribution >= 4 is 21.4 Å². The highest BCUT2D eigenvalue weighted by Gasteiger charge is 2.27. The second-order valence-electron chi connectivity index (χ2n) is 7.64. The lowest BCUT2D eigenvalue weighted by Gasteiger charge is -2.35.